The Morgan fingerprint density at radius 3 is 2.86 bits per heavy atom. The van der Waals surface area contributed by atoms with E-state index in [2.05, 4.69) is 10.3 Å². The molecule has 112 valence electrons. The monoisotopic (exact) mass is 296 g/mol. The second-order valence-corrected chi connectivity index (χ2v) is 5.00. The maximum Gasteiger partial charge on any atom is 0.250 e. The third kappa shape index (κ3) is 2.84. The van der Waals surface area contributed by atoms with Crippen LogP contribution in [0.15, 0.2) is 46.9 Å². The fourth-order valence-corrected chi connectivity index (χ4v) is 2.26. The van der Waals surface area contributed by atoms with Gasteiger partial charge in [-0.15, -0.1) is 0 Å². The highest BCUT2D eigenvalue weighted by atomic mass is 16.5. The van der Waals surface area contributed by atoms with Crippen molar-refractivity contribution in [2.24, 2.45) is 0 Å². The Balaban J connectivity index is 1.94. The highest BCUT2D eigenvalue weighted by Gasteiger charge is 2.11. The molecule has 3 aromatic rings. The number of carbonyl (C=O) groups is 1. The molecule has 22 heavy (non-hydrogen) atoms. The molecule has 0 bridgehead atoms. The van der Waals surface area contributed by atoms with Gasteiger partial charge in [0.05, 0.1) is 0 Å². The maximum atomic E-state index is 11.5. The molecule has 0 saturated heterocycles. The molecule has 0 spiro atoms. The van der Waals surface area contributed by atoms with Gasteiger partial charge in [-0.3, -0.25) is 4.79 Å². The van der Waals surface area contributed by atoms with Gasteiger partial charge < -0.3 is 14.5 Å². The van der Waals surface area contributed by atoms with Crippen molar-refractivity contribution in [3.05, 3.63) is 48.0 Å². The van der Waals surface area contributed by atoms with Gasteiger partial charge in [0.1, 0.15) is 12.1 Å². The summed E-state index contributed by atoms with van der Waals surface area (Å²) in [5, 5.41) is 2.74. The lowest BCUT2D eigenvalue weighted by Gasteiger charge is -2.03. The van der Waals surface area contributed by atoms with Gasteiger partial charge in [0.25, 0.3) is 0 Å². The molecule has 1 aromatic heterocycles. The summed E-state index contributed by atoms with van der Waals surface area (Å²) in [4.78, 5) is 16.0. The Morgan fingerprint density at radius 2 is 2.09 bits per heavy atom. The average Bonchev–Trinajstić information content (AvgIpc) is 2.90. The molecule has 0 radical (unpaired) electrons. The summed E-state index contributed by atoms with van der Waals surface area (Å²) < 4.78 is 10.6. The number of rotatable bonds is 4. The lowest BCUT2D eigenvalue weighted by Crippen LogP contribution is -2.16. The molecule has 1 N–H and O–H groups in total. The number of carbonyl (C=O) groups excluding carboxylic acids is 1. The first-order valence-corrected chi connectivity index (χ1v) is 6.93. The predicted octanol–water partition coefficient (Wildman–Crippen LogP) is 3.39. The molecule has 0 unspecified atom stereocenters. The molecule has 1 heterocycles. The molecule has 0 aliphatic rings. The Hall–Kier alpha value is -2.66. The number of hydrogen-bond donors (Lipinski definition) is 1. The number of methoxy groups -OCH3 is 1. The highest BCUT2D eigenvalue weighted by molar-refractivity contribution is 5.93. The number of aromatic nitrogens is 1. The molecular formula is C17H16N2O3. The van der Waals surface area contributed by atoms with E-state index in [1.165, 1.54) is 7.11 Å². The molecule has 0 saturated carbocycles. The van der Waals surface area contributed by atoms with Crippen molar-refractivity contribution in [2.75, 3.05) is 19.0 Å². The van der Waals surface area contributed by atoms with E-state index in [1.54, 1.807) is 12.1 Å². The summed E-state index contributed by atoms with van der Waals surface area (Å²) in [6.07, 6.45) is 0. The van der Waals surface area contributed by atoms with Crippen molar-refractivity contribution in [1.82, 2.24) is 4.98 Å². The van der Waals surface area contributed by atoms with Crippen molar-refractivity contribution >= 4 is 22.7 Å². The Morgan fingerprint density at radius 1 is 1.27 bits per heavy atom. The zero-order valence-corrected chi connectivity index (χ0v) is 12.4. The van der Waals surface area contributed by atoms with E-state index in [9.17, 15) is 4.79 Å². The molecule has 2 aromatic carbocycles. The highest BCUT2D eigenvalue weighted by Crippen LogP contribution is 2.28. The van der Waals surface area contributed by atoms with E-state index in [1.807, 2.05) is 37.3 Å². The van der Waals surface area contributed by atoms with Gasteiger partial charge >= 0.3 is 0 Å². The van der Waals surface area contributed by atoms with E-state index < -0.39 is 0 Å². The van der Waals surface area contributed by atoms with Crippen molar-refractivity contribution in [2.45, 2.75) is 6.92 Å². The molecule has 5 heteroatoms. The van der Waals surface area contributed by atoms with Gasteiger partial charge in [0.15, 0.2) is 5.58 Å². The van der Waals surface area contributed by atoms with E-state index in [4.69, 9.17) is 9.15 Å². The number of ether oxygens (including phenoxy) is 1. The normalized spacial score (nSPS) is 10.8. The number of anilines is 1. The molecule has 0 fully saturated rings. The SMILES string of the molecule is COCC(=O)Nc1ccc2nc(-c3ccccc3C)oc2c1. The molecule has 5 nitrogen and oxygen atoms in total. The third-order valence-electron chi connectivity index (χ3n) is 3.32. The van der Waals surface area contributed by atoms with E-state index >= 15 is 0 Å². The minimum Gasteiger partial charge on any atom is -0.436 e. The van der Waals surface area contributed by atoms with Gasteiger partial charge in [-0.05, 0) is 30.7 Å². The smallest absolute Gasteiger partial charge is 0.250 e. The van der Waals surface area contributed by atoms with Crippen LogP contribution in [0.2, 0.25) is 0 Å². The second kappa shape index (κ2) is 5.99. The second-order valence-electron chi connectivity index (χ2n) is 5.00. The average molecular weight is 296 g/mol. The number of oxazole rings is 1. The van der Waals surface area contributed by atoms with Gasteiger partial charge in [-0.25, -0.2) is 4.98 Å². The first-order valence-electron chi connectivity index (χ1n) is 6.93. The summed E-state index contributed by atoms with van der Waals surface area (Å²) in [6, 6.07) is 13.3. The largest absolute Gasteiger partial charge is 0.436 e. The van der Waals surface area contributed by atoms with Crippen LogP contribution < -0.4 is 5.32 Å². The van der Waals surface area contributed by atoms with Gasteiger partial charge in [-0.1, -0.05) is 18.2 Å². The standard InChI is InChI=1S/C17H16N2O3/c1-11-5-3-4-6-13(11)17-19-14-8-7-12(9-15(14)22-17)18-16(20)10-21-2/h3-9H,10H2,1-2H3,(H,18,20). The van der Waals surface area contributed by atoms with E-state index in [0.29, 0.717) is 17.2 Å². The summed E-state index contributed by atoms with van der Waals surface area (Å²) in [5.41, 5.74) is 4.10. The molecule has 3 rings (SSSR count). The van der Waals surface area contributed by atoms with Crippen molar-refractivity contribution < 1.29 is 13.9 Å². The lowest BCUT2D eigenvalue weighted by molar-refractivity contribution is -0.119. The summed E-state index contributed by atoms with van der Waals surface area (Å²) in [5.74, 6) is 0.369. The molecule has 1 amide bonds. The molecule has 0 atom stereocenters. The van der Waals surface area contributed by atoms with E-state index in [-0.39, 0.29) is 12.5 Å². The Kier molecular flexibility index (Phi) is 3.89. The minimum absolute atomic E-state index is 0.0168. The quantitative estimate of drug-likeness (QED) is 0.801. The van der Waals surface area contributed by atoms with Crippen LogP contribution in [-0.2, 0) is 9.53 Å². The van der Waals surface area contributed by atoms with Crippen LogP contribution in [0.3, 0.4) is 0 Å². The Labute approximate surface area is 127 Å². The summed E-state index contributed by atoms with van der Waals surface area (Å²) in [6.45, 7) is 2.03. The fourth-order valence-electron chi connectivity index (χ4n) is 2.26. The topological polar surface area (TPSA) is 64.4 Å². The maximum absolute atomic E-state index is 11.5. The lowest BCUT2D eigenvalue weighted by atomic mass is 10.1. The van der Waals surface area contributed by atoms with Crippen molar-refractivity contribution in [1.29, 1.82) is 0 Å². The number of aryl methyl sites for hydroxylation is 1. The summed E-state index contributed by atoms with van der Waals surface area (Å²) >= 11 is 0. The van der Waals surface area contributed by atoms with Gasteiger partial charge in [-0.2, -0.15) is 0 Å². The van der Waals surface area contributed by atoms with E-state index in [0.717, 1.165) is 16.6 Å². The molecular weight excluding hydrogens is 280 g/mol. The first kappa shape index (κ1) is 14.3. The van der Waals surface area contributed by atoms with Crippen LogP contribution in [0.5, 0.6) is 0 Å². The van der Waals surface area contributed by atoms with Crippen molar-refractivity contribution in [3.63, 3.8) is 0 Å². The zero-order valence-electron chi connectivity index (χ0n) is 12.4. The minimum atomic E-state index is -0.208. The van der Waals surface area contributed by atoms with Crippen LogP contribution in [0.1, 0.15) is 5.56 Å². The number of nitrogens with zero attached hydrogens (tertiary/aromatic N) is 1. The van der Waals surface area contributed by atoms with Crippen LogP contribution in [0.25, 0.3) is 22.6 Å². The number of amides is 1. The fraction of sp³-hybridized carbons (Fsp3) is 0.176. The van der Waals surface area contributed by atoms with Gasteiger partial charge in [0, 0.05) is 24.4 Å². The molecule has 0 aliphatic carbocycles. The zero-order chi connectivity index (χ0) is 15.5. The predicted molar refractivity (Wildman–Crippen MR) is 84.7 cm³/mol. The number of nitrogens with one attached hydrogen (secondary N) is 1. The Bertz CT molecular complexity index is 824. The van der Waals surface area contributed by atoms with Crippen LogP contribution in [0.4, 0.5) is 5.69 Å². The molecule has 0 aliphatic heterocycles. The van der Waals surface area contributed by atoms with Crippen LogP contribution in [-0.4, -0.2) is 24.6 Å². The van der Waals surface area contributed by atoms with Crippen LogP contribution in [0, 0.1) is 6.92 Å². The third-order valence-corrected chi connectivity index (χ3v) is 3.32. The first-order chi connectivity index (χ1) is 10.7. The summed E-state index contributed by atoms with van der Waals surface area (Å²) in [7, 11) is 1.48. The number of benzene rings is 2. The van der Waals surface area contributed by atoms with Crippen LogP contribution >= 0.6 is 0 Å². The van der Waals surface area contributed by atoms with Gasteiger partial charge in [0.2, 0.25) is 11.8 Å². The number of fused-ring (bicyclic) bond motifs is 1. The number of hydrogen-bond acceptors (Lipinski definition) is 4. The van der Waals surface area contributed by atoms with Crippen molar-refractivity contribution in [3.8, 4) is 11.5 Å².